The van der Waals surface area contributed by atoms with Gasteiger partial charge in [-0.3, -0.25) is 4.79 Å². The van der Waals surface area contributed by atoms with E-state index in [0.29, 0.717) is 6.54 Å². The van der Waals surface area contributed by atoms with Crippen molar-refractivity contribution in [2.24, 2.45) is 0 Å². The van der Waals surface area contributed by atoms with Crippen LogP contribution in [0.2, 0.25) is 0 Å². The summed E-state index contributed by atoms with van der Waals surface area (Å²) in [5, 5.41) is 3.01. The molecule has 4 heteroatoms. The van der Waals surface area contributed by atoms with Crippen LogP contribution in [0, 0.1) is 0 Å². The van der Waals surface area contributed by atoms with Gasteiger partial charge in [0.2, 0.25) is 0 Å². The van der Waals surface area contributed by atoms with Crippen LogP contribution in [0.15, 0.2) is 30.3 Å². The molecule has 1 N–H and O–H groups in total. The number of carbonyl (C=O) groups excluding carboxylic acids is 1. The lowest BCUT2D eigenvalue weighted by Gasteiger charge is -2.36. The number of likely N-dealkylation sites (N-methyl/N-ethyl adjacent to an activating group) is 1. The summed E-state index contributed by atoms with van der Waals surface area (Å²) >= 11 is 0. The van der Waals surface area contributed by atoms with Crippen molar-refractivity contribution in [2.45, 2.75) is 31.2 Å². The topological polar surface area (TPSA) is 41.6 Å². The maximum Gasteiger partial charge on any atom is 0.258 e. The normalized spacial score (nSPS) is 17.1. The third-order valence-electron chi connectivity index (χ3n) is 4.21. The van der Waals surface area contributed by atoms with Gasteiger partial charge in [-0.1, -0.05) is 31.0 Å². The Morgan fingerprint density at radius 2 is 1.90 bits per heavy atom. The number of amides is 1. The SMILES string of the molecule is CN(C)C1(CNC(=O)COc2ccccc2)CCCC1. The monoisotopic (exact) mass is 276 g/mol. The highest BCUT2D eigenvalue weighted by Gasteiger charge is 2.36. The average molecular weight is 276 g/mol. The maximum absolute atomic E-state index is 11.9. The van der Waals surface area contributed by atoms with Crippen molar-refractivity contribution >= 4 is 5.91 Å². The third-order valence-corrected chi connectivity index (χ3v) is 4.21. The maximum atomic E-state index is 11.9. The molecule has 0 heterocycles. The molecule has 0 bridgehead atoms. The fourth-order valence-electron chi connectivity index (χ4n) is 2.79. The predicted octanol–water partition coefficient (Wildman–Crippen LogP) is 2.06. The first-order valence-electron chi connectivity index (χ1n) is 7.24. The number of hydrogen-bond acceptors (Lipinski definition) is 3. The second-order valence-electron chi connectivity index (χ2n) is 5.70. The van der Waals surface area contributed by atoms with E-state index in [-0.39, 0.29) is 18.1 Å². The van der Waals surface area contributed by atoms with Crippen molar-refractivity contribution in [2.75, 3.05) is 27.2 Å². The van der Waals surface area contributed by atoms with Gasteiger partial charge in [-0.15, -0.1) is 0 Å². The Morgan fingerprint density at radius 3 is 2.50 bits per heavy atom. The molecule has 1 aromatic rings. The van der Waals surface area contributed by atoms with E-state index in [1.807, 2.05) is 30.3 Å². The summed E-state index contributed by atoms with van der Waals surface area (Å²) in [7, 11) is 4.19. The van der Waals surface area contributed by atoms with Crippen molar-refractivity contribution < 1.29 is 9.53 Å². The Kier molecular flexibility index (Phi) is 5.01. The Bertz CT molecular complexity index is 425. The molecule has 0 aromatic heterocycles. The Balaban J connectivity index is 1.77. The van der Waals surface area contributed by atoms with Gasteiger partial charge in [0, 0.05) is 12.1 Å². The van der Waals surface area contributed by atoms with Crippen molar-refractivity contribution in [1.82, 2.24) is 10.2 Å². The van der Waals surface area contributed by atoms with Gasteiger partial charge in [0.25, 0.3) is 5.91 Å². The van der Waals surface area contributed by atoms with E-state index >= 15 is 0 Å². The van der Waals surface area contributed by atoms with Crippen LogP contribution in [0.3, 0.4) is 0 Å². The summed E-state index contributed by atoms with van der Waals surface area (Å²) in [5.74, 6) is 0.674. The van der Waals surface area contributed by atoms with Crippen LogP contribution in [0.5, 0.6) is 5.75 Å². The first-order valence-corrected chi connectivity index (χ1v) is 7.24. The molecule has 0 spiro atoms. The van der Waals surface area contributed by atoms with E-state index in [0.717, 1.165) is 18.6 Å². The number of nitrogens with one attached hydrogen (secondary N) is 1. The fourth-order valence-corrected chi connectivity index (χ4v) is 2.79. The zero-order valence-electron chi connectivity index (χ0n) is 12.4. The van der Waals surface area contributed by atoms with Gasteiger partial charge in [0.1, 0.15) is 5.75 Å². The molecule has 1 fully saturated rings. The molecule has 1 amide bonds. The number of ether oxygens (including phenoxy) is 1. The molecule has 20 heavy (non-hydrogen) atoms. The number of rotatable bonds is 6. The van der Waals surface area contributed by atoms with Gasteiger partial charge in [-0.05, 0) is 39.1 Å². The molecule has 0 radical (unpaired) electrons. The van der Waals surface area contributed by atoms with Crippen molar-refractivity contribution in [3.63, 3.8) is 0 Å². The molecule has 1 saturated carbocycles. The van der Waals surface area contributed by atoms with Crippen LogP contribution in [0.4, 0.5) is 0 Å². The van der Waals surface area contributed by atoms with Gasteiger partial charge >= 0.3 is 0 Å². The lowest BCUT2D eigenvalue weighted by atomic mass is 9.96. The molecule has 0 unspecified atom stereocenters. The summed E-state index contributed by atoms with van der Waals surface area (Å²) in [6, 6.07) is 9.42. The Hall–Kier alpha value is -1.55. The molecule has 2 rings (SSSR count). The number of benzene rings is 1. The quantitative estimate of drug-likeness (QED) is 0.864. The Morgan fingerprint density at radius 1 is 1.25 bits per heavy atom. The molecule has 1 aromatic carbocycles. The summed E-state index contributed by atoms with van der Waals surface area (Å²) in [6.45, 7) is 0.782. The highest BCUT2D eigenvalue weighted by molar-refractivity contribution is 5.77. The summed E-state index contributed by atoms with van der Waals surface area (Å²) in [4.78, 5) is 14.1. The van der Waals surface area contributed by atoms with Crippen LogP contribution in [-0.4, -0.2) is 43.6 Å². The largest absolute Gasteiger partial charge is 0.484 e. The zero-order valence-corrected chi connectivity index (χ0v) is 12.4. The number of para-hydroxylation sites is 1. The van der Waals surface area contributed by atoms with Crippen LogP contribution in [0.25, 0.3) is 0 Å². The standard InChI is InChI=1S/C16H24N2O2/c1-18(2)16(10-6-7-11-16)13-17-15(19)12-20-14-8-4-3-5-9-14/h3-5,8-9H,6-7,10-13H2,1-2H3,(H,17,19). The molecule has 1 aliphatic carbocycles. The highest BCUT2D eigenvalue weighted by atomic mass is 16.5. The number of nitrogens with zero attached hydrogens (tertiary/aromatic N) is 1. The van der Waals surface area contributed by atoms with Crippen LogP contribution < -0.4 is 10.1 Å². The van der Waals surface area contributed by atoms with Crippen LogP contribution in [0.1, 0.15) is 25.7 Å². The fraction of sp³-hybridized carbons (Fsp3) is 0.562. The number of carbonyl (C=O) groups is 1. The van der Waals surface area contributed by atoms with Gasteiger partial charge in [0.15, 0.2) is 6.61 Å². The molecule has 1 aliphatic rings. The van der Waals surface area contributed by atoms with Crippen molar-refractivity contribution in [3.05, 3.63) is 30.3 Å². The smallest absolute Gasteiger partial charge is 0.258 e. The first-order chi connectivity index (χ1) is 9.62. The molecule has 0 saturated heterocycles. The highest BCUT2D eigenvalue weighted by Crippen LogP contribution is 2.32. The minimum atomic E-state index is -0.0537. The summed E-state index contributed by atoms with van der Waals surface area (Å²) in [5.41, 5.74) is 0.127. The third kappa shape index (κ3) is 3.73. The number of hydrogen-bond donors (Lipinski definition) is 1. The molecular formula is C16H24N2O2. The summed E-state index contributed by atoms with van der Waals surface area (Å²) < 4.78 is 5.45. The molecule has 4 nitrogen and oxygen atoms in total. The van der Waals surface area contributed by atoms with Crippen LogP contribution >= 0.6 is 0 Å². The minimum Gasteiger partial charge on any atom is -0.484 e. The molecule has 110 valence electrons. The van der Waals surface area contributed by atoms with Gasteiger partial charge in [-0.2, -0.15) is 0 Å². The molecule has 0 aliphatic heterocycles. The van der Waals surface area contributed by atoms with E-state index < -0.39 is 0 Å². The van der Waals surface area contributed by atoms with Crippen molar-refractivity contribution in [1.29, 1.82) is 0 Å². The van der Waals surface area contributed by atoms with Gasteiger partial charge in [-0.25, -0.2) is 0 Å². The van der Waals surface area contributed by atoms with Crippen molar-refractivity contribution in [3.8, 4) is 5.75 Å². The van der Waals surface area contributed by atoms with E-state index in [1.165, 1.54) is 12.8 Å². The molecular weight excluding hydrogens is 252 g/mol. The average Bonchev–Trinajstić information content (AvgIpc) is 2.94. The minimum absolute atomic E-state index is 0.0537. The second-order valence-corrected chi connectivity index (χ2v) is 5.70. The van der Waals surface area contributed by atoms with Crippen LogP contribution in [-0.2, 0) is 4.79 Å². The predicted molar refractivity (Wildman–Crippen MR) is 79.8 cm³/mol. The first kappa shape index (κ1) is 14.9. The van der Waals surface area contributed by atoms with Gasteiger partial charge < -0.3 is 15.0 Å². The second kappa shape index (κ2) is 6.75. The van der Waals surface area contributed by atoms with Gasteiger partial charge in [0.05, 0.1) is 0 Å². The Labute approximate surface area is 121 Å². The van der Waals surface area contributed by atoms with E-state index in [1.54, 1.807) is 0 Å². The lowest BCUT2D eigenvalue weighted by molar-refractivity contribution is -0.123. The van der Waals surface area contributed by atoms with E-state index in [4.69, 9.17) is 4.74 Å². The lowest BCUT2D eigenvalue weighted by Crippen LogP contribution is -2.51. The molecule has 0 atom stereocenters. The zero-order chi connectivity index (χ0) is 14.4. The van der Waals surface area contributed by atoms with E-state index in [9.17, 15) is 4.79 Å². The summed E-state index contributed by atoms with van der Waals surface area (Å²) in [6.07, 6.45) is 4.79. The van der Waals surface area contributed by atoms with E-state index in [2.05, 4.69) is 24.3 Å².